The second-order valence-corrected chi connectivity index (χ2v) is 5.71. The van der Waals surface area contributed by atoms with Gasteiger partial charge in [0.15, 0.2) is 0 Å². The number of para-hydroxylation sites is 1. The van der Waals surface area contributed by atoms with Gasteiger partial charge in [-0.2, -0.15) is 0 Å². The molecule has 0 aliphatic carbocycles. The largest absolute Gasteiger partial charge is 0.347 e. The predicted octanol–water partition coefficient (Wildman–Crippen LogP) is 0.511. The summed E-state index contributed by atoms with van der Waals surface area (Å²) in [5, 5.41) is 8.08. The molecule has 1 unspecified atom stereocenters. The Balaban J connectivity index is 1.78. The predicted molar refractivity (Wildman–Crippen MR) is 81.0 cm³/mol. The Morgan fingerprint density at radius 3 is 2.86 bits per heavy atom. The number of likely N-dealkylation sites (tertiary alicyclic amines) is 1. The summed E-state index contributed by atoms with van der Waals surface area (Å²) >= 11 is 0. The fraction of sp³-hybridized carbons (Fsp3) is 0.467. The first-order chi connectivity index (χ1) is 10.6. The van der Waals surface area contributed by atoms with E-state index < -0.39 is 0 Å². The number of aromatic nitrogens is 3. The van der Waals surface area contributed by atoms with Crippen LogP contribution in [0.4, 0.5) is 0 Å². The van der Waals surface area contributed by atoms with E-state index in [9.17, 15) is 9.59 Å². The summed E-state index contributed by atoms with van der Waals surface area (Å²) in [4.78, 5) is 27.9. The Bertz CT molecular complexity index is 709. The van der Waals surface area contributed by atoms with Gasteiger partial charge >= 0.3 is 0 Å². The Morgan fingerprint density at radius 1 is 1.32 bits per heavy atom. The standard InChI is InChI=1S/C15H19N5O2/c1-18(2)15(22)13-8-5-9-19(13)14(21)10-20-12-7-4-3-6-11(12)16-17-20/h3-4,6-7,13H,5,8-10H2,1-2H3. The van der Waals surface area contributed by atoms with E-state index in [-0.39, 0.29) is 24.4 Å². The fourth-order valence-electron chi connectivity index (χ4n) is 2.87. The number of likely N-dealkylation sites (N-methyl/N-ethyl adjacent to an activating group) is 1. The second-order valence-electron chi connectivity index (χ2n) is 5.71. The molecule has 7 heteroatoms. The Morgan fingerprint density at radius 2 is 2.09 bits per heavy atom. The van der Waals surface area contributed by atoms with Crippen LogP contribution in [0.15, 0.2) is 24.3 Å². The Kier molecular flexibility index (Phi) is 3.79. The molecule has 7 nitrogen and oxygen atoms in total. The number of hydrogen-bond donors (Lipinski definition) is 0. The van der Waals surface area contributed by atoms with Crippen LogP contribution in [0.2, 0.25) is 0 Å². The molecule has 1 aliphatic heterocycles. The minimum absolute atomic E-state index is 0.0192. The zero-order valence-corrected chi connectivity index (χ0v) is 12.8. The van der Waals surface area contributed by atoms with Crippen LogP contribution in [0, 0.1) is 0 Å². The number of fused-ring (bicyclic) bond motifs is 1. The van der Waals surface area contributed by atoms with Gasteiger partial charge in [-0.3, -0.25) is 9.59 Å². The lowest BCUT2D eigenvalue weighted by molar-refractivity contribution is -0.142. The third-order valence-corrected chi connectivity index (χ3v) is 4.00. The Labute approximate surface area is 128 Å². The van der Waals surface area contributed by atoms with E-state index in [1.165, 1.54) is 0 Å². The van der Waals surface area contributed by atoms with Crippen LogP contribution in [0.1, 0.15) is 12.8 Å². The molecule has 22 heavy (non-hydrogen) atoms. The fourth-order valence-corrected chi connectivity index (χ4v) is 2.87. The first-order valence-electron chi connectivity index (χ1n) is 7.37. The van der Waals surface area contributed by atoms with Crippen molar-refractivity contribution in [1.29, 1.82) is 0 Å². The van der Waals surface area contributed by atoms with Gasteiger partial charge in [-0.25, -0.2) is 4.68 Å². The smallest absolute Gasteiger partial charge is 0.245 e. The number of carbonyl (C=O) groups is 2. The molecule has 1 aromatic heterocycles. The molecule has 1 aromatic carbocycles. The summed E-state index contributed by atoms with van der Waals surface area (Å²) < 4.78 is 1.59. The molecule has 0 N–H and O–H groups in total. The highest BCUT2D eigenvalue weighted by molar-refractivity contribution is 5.88. The Hall–Kier alpha value is -2.44. The summed E-state index contributed by atoms with van der Waals surface area (Å²) in [6.07, 6.45) is 1.58. The molecule has 0 saturated carbocycles. The quantitative estimate of drug-likeness (QED) is 0.828. The van der Waals surface area contributed by atoms with E-state index in [0.29, 0.717) is 6.54 Å². The molecule has 0 spiro atoms. The van der Waals surface area contributed by atoms with Gasteiger partial charge < -0.3 is 9.80 Å². The van der Waals surface area contributed by atoms with E-state index in [1.54, 1.807) is 28.6 Å². The van der Waals surface area contributed by atoms with Crippen molar-refractivity contribution in [2.75, 3.05) is 20.6 Å². The van der Waals surface area contributed by atoms with Gasteiger partial charge in [0, 0.05) is 20.6 Å². The van der Waals surface area contributed by atoms with Crippen LogP contribution in [-0.2, 0) is 16.1 Å². The van der Waals surface area contributed by atoms with Gasteiger partial charge in [0.1, 0.15) is 18.1 Å². The number of hydrogen-bond acceptors (Lipinski definition) is 4. The highest BCUT2D eigenvalue weighted by atomic mass is 16.2. The molecule has 2 amide bonds. The molecule has 1 saturated heterocycles. The van der Waals surface area contributed by atoms with E-state index in [0.717, 1.165) is 23.9 Å². The van der Waals surface area contributed by atoms with Crippen molar-refractivity contribution in [3.05, 3.63) is 24.3 Å². The van der Waals surface area contributed by atoms with Crippen molar-refractivity contribution in [2.24, 2.45) is 0 Å². The number of amides is 2. The van der Waals surface area contributed by atoms with E-state index in [1.807, 2.05) is 24.3 Å². The maximum atomic E-state index is 12.6. The minimum Gasteiger partial charge on any atom is -0.347 e. The van der Waals surface area contributed by atoms with Crippen molar-refractivity contribution in [2.45, 2.75) is 25.4 Å². The monoisotopic (exact) mass is 301 g/mol. The topological polar surface area (TPSA) is 71.3 Å². The maximum Gasteiger partial charge on any atom is 0.245 e. The minimum atomic E-state index is -0.350. The van der Waals surface area contributed by atoms with Gasteiger partial charge in [-0.1, -0.05) is 17.3 Å². The zero-order valence-electron chi connectivity index (χ0n) is 12.8. The van der Waals surface area contributed by atoms with Gasteiger partial charge in [0.05, 0.1) is 5.52 Å². The summed E-state index contributed by atoms with van der Waals surface area (Å²) in [6, 6.07) is 7.17. The molecule has 2 aromatic rings. The third-order valence-electron chi connectivity index (χ3n) is 4.00. The van der Waals surface area contributed by atoms with Crippen molar-refractivity contribution in [1.82, 2.24) is 24.8 Å². The summed E-state index contributed by atoms with van der Waals surface area (Å²) in [5.41, 5.74) is 1.59. The van der Waals surface area contributed by atoms with Gasteiger partial charge in [-0.15, -0.1) is 5.10 Å². The lowest BCUT2D eigenvalue weighted by atomic mass is 10.2. The van der Waals surface area contributed by atoms with Gasteiger partial charge in [0.25, 0.3) is 0 Å². The molecular weight excluding hydrogens is 282 g/mol. The van der Waals surface area contributed by atoms with E-state index >= 15 is 0 Å². The van der Waals surface area contributed by atoms with Gasteiger partial charge in [0.2, 0.25) is 11.8 Å². The summed E-state index contributed by atoms with van der Waals surface area (Å²) in [6.45, 7) is 0.730. The highest BCUT2D eigenvalue weighted by Gasteiger charge is 2.35. The summed E-state index contributed by atoms with van der Waals surface area (Å²) in [7, 11) is 3.43. The third kappa shape index (κ3) is 2.54. The van der Waals surface area contributed by atoms with Crippen molar-refractivity contribution in [3.8, 4) is 0 Å². The van der Waals surface area contributed by atoms with Crippen LogP contribution in [0.3, 0.4) is 0 Å². The first-order valence-corrected chi connectivity index (χ1v) is 7.37. The molecule has 0 bridgehead atoms. The normalized spacial score (nSPS) is 17.9. The maximum absolute atomic E-state index is 12.6. The second kappa shape index (κ2) is 5.75. The van der Waals surface area contributed by atoms with Gasteiger partial charge in [-0.05, 0) is 25.0 Å². The highest BCUT2D eigenvalue weighted by Crippen LogP contribution is 2.20. The molecular formula is C15H19N5O2. The molecule has 2 heterocycles. The van der Waals surface area contributed by atoms with Crippen molar-refractivity contribution >= 4 is 22.8 Å². The van der Waals surface area contributed by atoms with Crippen LogP contribution in [0.25, 0.3) is 11.0 Å². The molecule has 3 rings (SSSR count). The average Bonchev–Trinajstić information content (AvgIpc) is 3.13. The number of carbonyl (C=O) groups excluding carboxylic acids is 2. The van der Waals surface area contributed by atoms with Crippen molar-refractivity contribution < 1.29 is 9.59 Å². The molecule has 1 atom stereocenters. The van der Waals surface area contributed by atoms with Crippen LogP contribution >= 0.6 is 0 Å². The molecule has 116 valence electrons. The number of nitrogens with zero attached hydrogens (tertiary/aromatic N) is 5. The number of rotatable bonds is 3. The van der Waals surface area contributed by atoms with Crippen LogP contribution in [0.5, 0.6) is 0 Å². The van der Waals surface area contributed by atoms with Crippen molar-refractivity contribution in [3.63, 3.8) is 0 Å². The van der Waals surface area contributed by atoms with E-state index in [2.05, 4.69) is 10.3 Å². The average molecular weight is 301 g/mol. The summed E-state index contributed by atoms with van der Waals surface area (Å²) in [5.74, 6) is -0.109. The molecule has 0 radical (unpaired) electrons. The van der Waals surface area contributed by atoms with E-state index in [4.69, 9.17) is 0 Å². The lowest BCUT2D eigenvalue weighted by Crippen LogP contribution is -2.46. The zero-order chi connectivity index (χ0) is 15.7. The lowest BCUT2D eigenvalue weighted by Gasteiger charge is -2.26. The van der Waals surface area contributed by atoms with Crippen LogP contribution < -0.4 is 0 Å². The van der Waals surface area contributed by atoms with Crippen LogP contribution in [-0.4, -0.2) is 63.3 Å². The molecule has 1 fully saturated rings. The SMILES string of the molecule is CN(C)C(=O)C1CCCN1C(=O)Cn1nnc2ccccc21. The first kappa shape index (κ1) is 14.5. The molecule has 1 aliphatic rings. The number of benzene rings is 1.